The van der Waals surface area contributed by atoms with Gasteiger partial charge in [0, 0.05) is 24.1 Å². The van der Waals surface area contributed by atoms with E-state index in [-0.39, 0.29) is 6.04 Å². The van der Waals surface area contributed by atoms with Gasteiger partial charge in [-0.15, -0.1) is 0 Å². The molecule has 0 aliphatic carbocycles. The van der Waals surface area contributed by atoms with Crippen molar-refractivity contribution in [3.8, 4) is 17.6 Å². The Balaban J connectivity index is 2.69. The van der Waals surface area contributed by atoms with Gasteiger partial charge in [-0.05, 0) is 32.9 Å². The lowest BCUT2D eigenvalue weighted by Crippen LogP contribution is -2.14. The monoisotopic (exact) mass is 262 g/mol. The summed E-state index contributed by atoms with van der Waals surface area (Å²) < 4.78 is 11.0. The van der Waals surface area contributed by atoms with Crippen molar-refractivity contribution in [2.24, 2.45) is 0 Å². The van der Waals surface area contributed by atoms with Crippen LogP contribution in [0, 0.1) is 11.3 Å². The highest BCUT2D eigenvalue weighted by Gasteiger charge is 2.11. The molecule has 0 spiro atoms. The standard InChI is InChI=1S/C15H22N2O2/c1-12(17-2)14-8-7-13(18-3)11-15(14)19-10-6-4-5-9-16/h7-8,11-12,17H,4-6,10H2,1-3H3. The predicted molar refractivity (Wildman–Crippen MR) is 75.4 cm³/mol. The van der Waals surface area contributed by atoms with Crippen LogP contribution in [0.2, 0.25) is 0 Å². The molecule has 104 valence electrons. The van der Waals surface area contributed by atoms with Crippen molar-refractivity contribution in [3.05, 3.63) is 23.8 Å². The van der Waals surface area contributed by atoms with E-state index in [0.29, 0.717) is 13.0 Å². The van der Waals surface area contributed by atoms with Gasteiger partial charge in [-0.3, -0.25) is 0 Å². The summed E-state index contributed by atoms with van der Waals surface area (Å²) in [6, 6.07) is 8.22. The Bertz CT molecular complexity index is 427. The molecule has 1 atom stereocenters. The average Bonchev–Trinajstić information content (AvgIpc) is 2.46. The third kappa shape index (κ3) is 4.80. The maximum atomic E-state index is 8.48. The van der Waals surface area contributed by atoms with Crippen LogP contribution >= 0.6 is 0 Å². The van der Waals surface area contributed by atoms with Gasteiger partial charge in [-0.2, -0.15) is 5.26 Å². The minimum Gasteiger partial charge on any atom is -0.497 e. The first kappa shape index (κ1) is 15.3. The molecule has 4 heteroatoms. The minimum absolute atomic E-state index is 0.222. The third-order valence-electron chi connectivity index (χ3n) is 3.06. The molecule has 0 radical (unpaired) electrons. The topological polar surface area (TPSA) is 54.3 Å². The summed E-state index contributed by atoms with van der Waals surface area (Å²) >= 11 is 0. The SMILES string of the molecule is CNC(C)c1ccc(OC)cc1OCCCCC#N. The molecule has 0 saturated carbocycles. The van der Waals surface area contributed by atoms with Crippen molar-refractivity contribution in [2.75, 3.05) is 20.8 Å². The van der Waals surface area contributed by atoms with Gasteiger partial charge in [-0.25, -0.2) is 0 Å². The second kappa shape index (κ2) is 8.39. The van der Waals surface area contributed by atoms with Crippen molar-refractivity contribution in [2.45, 2.75) is 32.2 Å². The van der Waals surface area contributed by atoms with Gasteiger partial charge in [0.05, 0.1) is 19.8 Å². The van der Waals surface area contributed by atoms with E-state index in [1.165, 1.54) is 0 Å². The number of methoxy groups -OCH3 is 1. The van der Waals surface area contributed by atoms with Crippen molar-refractivity contribution in [3.63, 3.8) is 0 Å². The maximum Gasteiger partial charge on any atom is 0.127 e. The number of nitrogens with zero attached hydrogens (tertiary/aromatic N) is 1. The van der Waals surface area contributed by atoms with Crippen molar-refractivity contribution in [1.29, 1.82) is 5.26 Å². The molecule has 0 aliphatic heterocycles. The average molecular weight is 262 g/mol. The molecule has 4 nitrogen and oxygen atoms in total. The fourth-order valence-electron chi connectivity index (χ4n) is 1.77. The van der Waals surface area contributed by atoms with Gasteiger partial charge in [0.15, 0.2) is 0 Å². The largest absolute Gasteiger partial charge is 0.497 e. The number of nitrogens with one attached hydrogen (secondary N) is 1. The molecule has 0 aromatic heterocycles. The Morgan fingerprint density at radius 3 is 2.79 bits per heavy atom. The Morgan fingerprint density at radius 1 is 1.37 bits per heavy atom. The minimum atomic E-state index is 0.222. The van der Waals surface area contributed by atoms with Crippen molar-refractivity contribution < 1.29 is 9.47 Å². The number of rotatable bonds is 8. The summed E-state index contributed by atoms with van der Waals surface area (Å²) in [7, 11) is 3.57. The predicted octanol–water partition coefficient (Wildman–Crippen LogP) is 3.05. The molecule has 1 N–H and O–H groups in total. The van der Waals surface area contributed by atoms with Crippen LogP contribution in [0.4, 0.5) is 0 Å². The molecule has 1 aromatic carbocycles. The molecule has 1 unspecified atom stereocenters. The van der Waals surface area contributed by atoms with Gasteiger partial charge in [0.25, 0.3) is 0 Å². The van der Waals surface area contributed by atoms with Crippen LogP contribution in [0.1, 0.15) is 37.8 Å². The smallest absolute Gasteiger partial charge is 0.127 e. The molecule has 0 aliphatic rings. The number of hydrogen-bond acceptors (Lipinski definition) is 4. The van der Waals surface area contributed by atoms with E-state index in [4.69, 9.17) is 14.7 Å². The van der Waals surface area contributed by atoms with Gasteiger partial charge in [-0.1, -0.05) is 6.07 Å². The van der Waals surface area contributed by atoms with Crippen LogP contribution in [0.5, 0.6) is 11.5 Å². The van der Waals surface area contributed by atoms with Crippen LogP contribution in [0.25, 0.3) is 0 Å². The number of nitriles is 1. The summed E-state index contributed by atoms with van der Waals surface area (Å²) in [5.74, 6) is 1.64. The Hall–Kier alpha value is -1.73. The molecule has 19 heavy (non-hydrogen) atoms. The molecule has 1 rings (SSSR count). The molecule has 1 aromatic rings. The van der Waals surface area contributed by atoms with Crippen LogP contribution in [0.15, 0.2) is 18.2 Å². The fourth-order valence-corrected chi connectivity index (χ4v) is 1.77. The lowest BCUT2D eigenvalue weighted by Gasteiger charge is -2.17. The highest BCUT2D eigenvalue weighted by atomic mass is 16.5. The van der Waals surface area contributed by atoms with Crippen LogP contribution in [0.3, 0.4) is 0 Å². The Kier molecular flexibility index (Phi) is 6.76. The number of hydrogen-bond donors (Lipinski definition) is 1. The normalized spacial score (nSPS) is 11.7. The first-order valence-corrected chi connectivity index (χ1v) is 6.58. The zero-order valence-corrected chi connectivity index (χ0v) is 11.9. The molecule has 0 saturated heterocycles. The van der Waals surface area contributed by atoms with Crippen LogP contribution < -0.4 is 14.8 Å². The van der Waals surface area contributed by atoms with E-state index in [2.05, 4.69) is 18.3 Å². The molecular formula is C15H22N2O2. The molecule has 0 fully saturated rings. The van der Waals surface area contributed by atoms with E-state index in [9.17, 15) is 0 Å². The summed E-state index contributed by atoms with van der Waals surface area (Å²) in [5, 5.41) is 11.7. The quantitative estimate of drug-likeness (QED) is 0.732. The van der Waals surface area contributed by atoms with Gasteiger partial charge < -0.3 is 14.8 Å². The highest BCUT2D eigenvalue weighted by Crippen LogP contribution is 2.29. The second-order valence-electron chi connectivity index (χ2n) is 4.38. The van der Waals surface area contributed by atoms with E-state index < -0.39 is 0 Å². The van der Waals surface area contributed by atoms with Crippen LogP contribution in [-0.4, -0.2) is 20.8 Å². The third-order valence-corrected chi connectivity index (χ3v) is 3.06. The van der Waals surface area contributed by atoms with E-state index in [1.54, 1.807) is 7.11 Å². The summed E-state index contributed by atoms with van der Waals surface area (Å²) in [4.78, 5) is 0. The lowest BCUT2D eigenvalue weighted by molar-refractivity contribution is 0.299. The lowest BCUT2D eigenvalue weighted by atomic mass is 10.1. The molecular weight excluding hydrogens is 240 g/mol. The van der Waals surface area contributed by atoms with Gasteiger partial charge >= 0.3 is 0 Å². The Labute approximate surface area is 115 Å². The highest BCUT2D eigenvalue weighted by molar-refractivity contribution is 5.42. The first-order chi connectivity index (χ1) is 9.22. The molecule has 0 bridgehead atoms. The van der Waals surface area contributed by atoms with Crippen LogP contribution in [-0.2, 0) is 0 Å². The fraction of sp³-hybridized carbons (Fsp3) is 0.533. The second-order valence-corrected chi connectivity index (χ2v) is 4.38. The molecule has 0 amide bonds. The van der Waals surface area contributed by atoms with E-state index in [0.717, 1.165) is 29.9 Å². The number of ether oxygens (including phenoxy) is 2. The number of unbranched alkanes of at least 4 members (excludes halogenated alkanes) is 2. The van der Waals surface area contributed by atoms with Crippen molar-refractivity contribution in [1.82, 2.24) is 5.32 Å². The summed E-state index contributed by atoms with van der Waals surface area (Å²) in [6.45, 7) is 2.71. The Morgan fingerprint density at radius 2 is 2.16 bits per heavy atom. The zero-order valence-electron chi connectivity index (χ0n) is 11.9. The summed E-state index contributed by atoms with van der Waals surface area (Å²) in [6.07, 6.45) is 2.34. The summed E-state index contributed by atoms with van der Waals surface area (Å²) in [5.41, 5.74) is 1.11. The molecule has 0 heterocycles. The van der Waals surface area contributed by atoms with E-state index in [1.807, 2.05) is 25.2 Å². The van der Waals surface area contributed by atoms with E-state index >= 15 is 0 Å². The number of benzene rings is 1. The van der Waals surface area contributed by atoms with Gasteiger partial charge in [0.2, 0.25) is 0 Å². The maximum absolute atomic E-state index is 8.48. The van der Waals surface area contributed by atoms with Crippen molar-refractivity contribution >= 4 is 0 Å². The first-order valence-electron chi connectivity index (χ1n) is 6.58. The van der Waals surface area contributed by atoms with Gasteiger partial charge in [0.1, 0.15) is 11.5 Å². The zero-order chi connectivity index (χ0) is 14.1.